The molecule has 1 N–H and O–H groups in total. The van der Waals surface area contributed by atoms with E-state index in [1.807, 2.05) is 75.4 Å². The molecule has 0 aliphatic rings. The molecule has 2 heterocycles. The summed E-state index contributed by atoms with van der Waals surface area (Å²) in [7, 11) is 0. The lowest BCUT2D eigenvalue weighted by Crippen LogP contribution is -2.16. The van der Waals surface area contributed by atoms with Gasteiger partial charge in [0, 0.05) is 38.6 Å². The number of hydrogen-bond acceptors (Lipinski definition) is 5. The Bertz CT molecular complexity index is 1590. The first-order chi connectivity index (χ1) is 17.8. The van der Waals surface area contributed by atoms with Gasteiger partial charge in [-0.25, -0.2) is 4.79 Å². The molecule has 188 valence electrons. The summed E-state index contributed by atoms with van der Waals surface area (Å²) < 4.78 is 7.30. The second-order valence-corrected chi connectivity index (χ2v) is 10.2. The van der Waals surface area contributed by atoms with Gasteiger partial charge in [-0.2, -0.15) is 5.26 Å². The van der Waals surface area contributed by atoms with Crippen molar-refractivity contribution >= 4 is 56.8 Å². The monoisotopic (exact) mass is 531 g/mol. The van der Waals surface area contributed by atoms with Gasteiger partial charge in [-0.1, -0.05) is 48.0 Å². The fourth-order valence-electron chi connectivity index (χ4n) is 4.27. The van der Waals surface area contributed by atoms with Crippen molar-refractivity contribution in [3.63, 3.8) is 0 Å². The summed E-state index contributed by atoms with van der Waals surface area (Å²) in [5.74, 6) is -1.09. The molecule has 2 aromatic heterocycles. The lowest BCUT2D eigenvalue weighted by atomic mass is 10.1. The predicted molar refractivity (Wildman–Crippen MR) is 149 cm³/mol. The molecule has 0 bridgehead atoms. The van der Waals surface area contributed by atoms with Crippen LogP contribution in [0.4, 0.5) is 5.00 Å². The number of hydrogen-bond donors (Lipinski definition) is 1. The molecule has 0 unspecified atom stereocenters. The zero-order chi connectivity index (χ0) is 26.7. The minimum Gasteiger partial charge on any atom is -0.462 e. The minimum atomic E-state index is -0.586. The number of anilines is 1. The van der Waals surface area contributed by atoms with Crippen molar-refractivity contribution in [1.29, 1.82) is 5.26 Å². The largest absolute Gasteiger partial charge is 0.462 e. The second kappa shape index (κ2) is 11.0. The predicted octanol–water partition coefficient (Wildman–Crippen LogP) is 7.05. The summed E-state index contributed by atoms with van der Waals surface area (Å²) in [6.07, 6.45) is 1.60. The van der Waals surface area contributed by atoms with Gasteiger partial charge in [0.15, 0.2) is 0 Å². The molecule has 37 heavy (non-hydrogen) atoms. The summed E-state index contributed by atoms with van der Waals surface area (Å²) in [5, 5.41) is 14.6. The van der Waals surface area contributed by atoms with Crippen molar-refractivity contribution in [2.75, 3.05) is 11.9 Å². The number of aromatic nitrogens is 1. The molecule has 8 heteroatoms. The smallest absolute Gasteiger partial charge is 0.341 e. The SMILES string of the molecule is CCOC(=O)c1c(NC(=O)/C(C#N)=C/c2c(C)n(Cc3ccccc3Cl)c3ccccc23)sc(C)c1C. The van der Waals surface area contributed by atoms with Crippen molar-refractivity contribution in [3.05, 3.63) is 92.0 Å². The number of nitrogens with zero attached hydrogens (tertiary/aromatic N) is 2. The van der Waals surface area contributed by atoms with Crippen LogP contribution in [-0.4, -0.2) is 23.1 Å². The summed E-state index contributed by atoms with van der Waals surface area (Å²) in [5.41, 5.74) is 4.62. The summed E-state index contributed by atoms with van der Waals surface area (Å²) >= 11 is 7.71. The highest BCUT2D eigenvalue weighted by molar-refractivity contribution is 7.16. The van der Waals surface area contributed by atoms with Gasteiger partial charge >= 0.3 is 5.97 Å². The van der Waals surface area contributed by atoms with Gasteiger partial charge in [0.1, 0.15) is 16.6 Å². The quantitative estimate of drug-likeness (QED) is 0.157. The van der Waals surface area contributed by atoms with Gasteiger partial charge < -0.3 is 14.6 Å². The third kappa shape index (κ3) is 5.17. The Kier molecular flexibility index (Phi) is 7.82. The van der Waals surface area contributed by atoms with Crippen LogP contribution in [0.25, 0.3) is 17.0 Å². The Labute approximate surface area is 224 Å². The van der Waals surface area contributed by atoms with E-state index in [4.69, 9.17) is 16.3 Å². The van der Waals surface area contributed by atoms with E-state index in [-0.39, 0.29) is 12.2 Å². The Balaban J connectivity index is 1.74. The van der Waals surface area contributed by atoms with Crippen LogP contribution in [0.3, 0.4) is 0 Å². The zero-order valence-electron chi connectivity index (χ0n) is 21.0. The third-order valence-corrected chi connectivity index (χ3v) is 7.80. The van der Waals surface area contributed by atoms with Gasteiger partial charge in [0.25, 0.3) is 5.91 Å². The number of amides is 1. The normalized spacial score (nSPS) is 11.4. The number of para-hydroxylation sites is 1. The molecule has 0 fully saturated rings. The van der Waals surface area contributed by atoms with E-state index in [0.29, 0.717) is 22.1 Å². The first-order valence-electron chi connectivity index (χ1n) is 11.8. The topological polar surface area (TPSA) is 84.1 Å². The number of aryl methyl sites for hydroxylation is 1. The van der Waals surface area contributed by atoms with Crippen molar-refractivity contribution < 1.29 is 14.3 Å². The van der Waals surface area contributed by atoms with Crippen molar-refractivity contribution in [2.24, 2.45) is 0 Å². The Morgan fingerprint density at radius 2 is 1.84 bits per heavy atom. The molecule has 0 radical (unpaired) electrons. The second-order valence-electron chi connectivity index (χ2n) is 8.53. The van der Waals surface area contributed by atoms with Gasteiger partial charge in [0.05, 0.1) is 12.2 Å². The minimum absolute atomic E-state index is 0.0674. The van der Waals surface area contributed by atoms with Crippen LogP contribution >= 0.6 is 22.9 Å². The van der Waals surface area contributed by atoms with Gasteiger partial charge in [-0.3, -0.25) is 4.79 Å². The molecular formula is C29H26ClN3O3S. The molecule has 4 aromatic rings. The lowest BCUT2D eigenvalue weighted by Gasteiger charge is -2.10. The lowest BCUT2D eigenvalue weighted by molar-refractivity contribution is -0.112. The number of benzene rings is 2. The Morgan fingerprint density at radius 3 is 2.54 bits per heavy atom. The Hall–Kier alpha value is -3.86. The fraction of sp³-hybridized carbons (Fsp3) is 0.207. The van der Waals surface area contributed by atoms with Crippen molar-refractivity contribution in [1.82, 2.24) is 4.57 Å². The fourth-order valence-corrected chi connectivity index (χ4v) is 5.51. The maximum Gasteiger partial charge on any atom is 0.341 e. The maximum atomic E-state index is 13.2. The van der Waals surface area contributed by atoms with E-state index in [0.717, 1.165) is 38.2 Å². The molecule has 2 aromatic carbocycles. The summed E-state index contributed by atoms with van der Waals surface area (Å²) in [6.45, 7) is 8.14. The number of nitriles is 1. The molecule has 1 amide bonds. The molecule has 0 atom stereocenters. The number of thiophene rings is 1. The number of esters is 1. The molecule has 0 saturated heterocycles. The number of carbonyl (C=O) groups excluding carboxylic acids is 2. The number of nitrogens with one attached hydrogen (secondary N) is 1. The number of ether oxygens (including phenoxy) is 1. The number of halogens is 1. The first kappa shape index (κ1) is 26.2. The average Bonchev–Trinajstić information content (AvgIpc) is 3.30. The average molecular weight is 532 g/mol. The first-order valence-corrected chi connectivity index (χ1v) is 13.0. The van der Waals surface area contributed by atoms with Crippen LogP contribution in [0.1, 0.15) is 44.5 Å². The van der Waals surface area contributed by atoms with Crippen LogP contribution in [0.15, 0.2) is 54.1 Å². The van der Waals surface area contributed by atoms with E-state index in [9.17, 15) is 14.9 Å². The van der Waals surface area contributed by atoms with Gasteiger partial charge in [0.2, 0.25) is 0 Å². The highest BCUT2D eigenvalue weighted by Gasteiger charge is 2.24. The van der Waals surface area contributed by atoms with Gasteiger partial charge in [-0.05, 0) is 57.0 Å². The number of fused-ring (bicyclic) bond motifs is 1. The Morgan fingerprint density at radius 1 is 1.14 bits per heavy atom. The van der Waals surface area contributed by atoms with E-state index >= 15 is 0 Å². The summed E-state index contributed by atoms with van der Waals surface area (Å²) in [6, 6.07) is 17.6. The van der Waals surface area contributed by atoms with Crippen LogP contribution in [-0.2, 0) is 16.1 Å². The highest BCUT2D eigenvalue weighted by atomic mass is 35.5. The molecule has 0 aliphatic heterocycles. The molecule has 0 saturated carbocycles. The van der Waals surface area contributed by atoms with E-state index in [1.54, 1.807) is 13.0 Å². The number of carbonyl (C=O) groups is 2. The molecular weight excluding hydrogens is 506 g/mol. The van der Waals surface area contributed by atoms with Crippen molar-refractivity contribution in [3.8, 4) is 6.07 Å². The van der Waals surface area contributed by atoms with Crippen LogP contribution in [0.5, 0.6) is 0 Å². The maximum absolute atomic E-state index is 13.2. The molecule has 4 rings (SSSR count). The highest BCUT2D eigenvalue weighted by Crippen LogP contribution is 2.34. The summed E-state index contributed by atoms with van der Waals surface area (Å²) in [4.78, 5) is 26.6. The third-order valence-electron chi connectivity index (χ3n) is 6.31. The van der Waals surface area contributed by atoms with E-state index in [2.05, 4.69) is 9.88 Å². The van der Waals surface area contributed by atoms with Crippen LogP contribution in [0, 0.1) is 32.1 Å². The molecule has 0 aliphatic carbocycles. The zero-order valence-corrected chi connectivity index (χ0v) is 22.6. The standard InChI is InChI=1S/C29H26ClN3O3S/c1-5-36-29(35)26-17(2)19(4)37-28(26)32-27(34)21(15-31)14-23-18(3)33(25-13-9-7-11-22(23)25)16-20-10-6-8-12-24(20)30/h6-14H,5,16H2,1-4H3,(H,32,34)/b21-14+. The van der Waals surface area contributed by atoms with Crippen molar-refractivity contribution in [2.45, 2.75) is 34.2 Å². The van der Waals surface area contributed by atoms with Crippen LogP contribution in [0.2, 0.25) is 5.02 Å². The van der Waals surface area contributed by atoms with Crippen LogP contribution < -0.4 is 5.32 Å². The van der Waals surface area contributed by atoms with Gasteiger partial charge in [-0.15, -0.1) is 11.3 Å². The number of rotatable bonds is 7. The molecule has 6 nitrogen and oxygen atoms in total. The van der Waals surface area contributed by atoms with E-state index < -0.39 is 11.9 Å². The van der Waals surface area contributed by atoms with E-state index in [1.165, 1.54) is 11.3 Å². The molecule has 0 spiro atoms.